The first-order valence-corrected chi connectivity index (χ1v) is 9.25. The molecule has 7 heteroatoms. The van der Waals surface area contributed by atoms with Crippen LogP contribution in [-0.2, 0) is 0 Å². The van der Waals surface area contributed by atoms with Crippen LogP contribution in [-0.4, -0.2) is 36.6 Å². The monoisotopic (exact) mass is 392 g/mol. The maximum Gasteiger partial charge on any atom is 0.258 e. The van der Waals surface area contributed by atoms with E-state index in [2.05, 4.69) is 21.4 Å². The van der Waals surface area contributed by atoms with Gasteiger partial charge in [-0.15, -0.1) is 0 Å². The average molecular weight is 392 g/mol. The summed E-state index contributed by atoms with van der Waals surface area (Å²) >= 11 is 0. The molecule has 0 spiro atoms. The van der Waals surface area contributed by atoms with Gasteiger partial charge < -0.3 is 19.7 Å². The number of nitrogens with zero attached hydrogens (tertiary/aromatic N) is 3. The third-order valence-corrected chi connectivity index (χ3v) is 4.43. The molecular weight excluding hydrogens is 368 g/mol. The number of ether oxygens (including phenoxy) is 2. The maximum absolute atomic E-state index is 12.6. The van der Waals surface area contributed by atoms with Gasteiger partial charge >= 0.3 is 0 Å². The SMILES string of the molecule is CCN(c1cccc(C)c1)c1ncc(C(=O)Nc2ccc(OC)cc2OC)cn1. The number of benzene rings is 2. The van der Waals surface area contributed by atoms with Crippen LogP contribution in [0.2, 0.25) is 0 Å². The zero-order valence-electron chi connectivity index (χ0n) is 17.0. The van der Waals surface area contributed by atoms with E-state index in [0.717, 1.165) is 11.3 Å². The molecule has 0 atom stereocenters. The molecule has 1 N–H and O–H groups in total. The predicted molar refractivity (Wildman–Crippen MR) is 113 cm³/mol. The zero-order chi connectivity index (χ0) is 20.8. The number of aryl methyl sites for hydroxylation is 1. The van der Waals surface area contributed by atoms with Gasteiger partial charge in [0.1, 0.15) is 11.5 Å². The van der Waals surface area contributed by atoms with Gasteiger partial charge in [0.05, 0.1) is 25.5 Å². The number of aromatic nitrogens is 2. The summed E-state index contributed by atoms with van der Waals surface area (Å²) in [6.07, 6.45) is 3.04. The minimum atomic E-state index is -0.321. The fraction of sp³-hybridized carbons (Fsp3) is 0.227. The molecule has 0 saturated heterocycles. The third kappa shape index (κ3) is 4.63. The average Bonchev–Trinajstić information content (AvgIpc) is 2.75. The minimum Gasteiger partial charge on any atom is -0.497 e. The van der Waals surface area contributed by atoms with E-state index in [9.17, 15) is 4.79 Å². The first-order chi connectivity index (χ1) is 14.0. The molecule has 0 aliphatic rings. The van der Waals surface area contributed by atoms with Crippen LogP contribution in [0.1, 0.15) is 22.8 Å². The zero-order valence-corrected chi connectivity index (χ0v) is 17.0. The van der Waals surface area contributed by atoms with E-state index in [4.69, 9.17) is 9.47 Å². The second-order valence-electron chi connectivity index (χ2n) is 6.38. The summed E-state index contributed by atoms with van der Waals surface area (Å²) < 4.78 is 10.5. The Balaban J connectivity index is 1.78. The molecule has 0 aliphatic heterocycles. The molecule has 0 unspecified atom stereocenters. The van der Waals surface area contributed by atoms with E-state index in [-0.39, 0.29) is 5.91 Å². The smallest absolute Gasteiger partial charge is 0.258 e. The number of anilines is 3. The highest BCUT2D eigenvalue weighted by atomic mass is 16.5. The summed E-state index contributed by atoms with van der Waals surface area (Å²) in [6.45, 7) is 4.78. The maximum atomic E-state index is 12.6. The summed E-state index contributed by atoms with van der Waals surface area (Å²) in [5.74, 6) is 1.37. The lowest BCUT2D eigenvalue weighted by Crippen LogP contribution is -2.20. The molecule has 1 aromatic heterocycles. The molecule has 29 heavy (non-hydrogen) atoms. The minimum absolute atomic E-state index is 0.321. The number of hydrogen-bond acceptors (Lipinski definition) is 6. The Bertz CT molecular complexity index is 990. The van der Waals surface area contributed by atoms with Crippen molar-refractivity contribution in [1.82, 2.24) is 9.97 Å². The summed E-state index contributed by atoms with van der Waals surface area (Å²) in [4.78, 5) is 23.4. The van der Waals surface area contributed by atoms with Gasteiger partial charge in [-0.3, -0.25) is 4.79 Å². The number of methoxy groups -OCH3 is 2. The van der Waals surface area contributed by atoms with E-state index in [1.54, 1.807) is 25.3 Å². The van der Waals surface area contributed by atoms with Gasteiger partial charge in [0.25, 0.3) is 5.91 Å². The lowest BCUT2D eigenvalue weighted by Gasteiger charge is -2.21. The number of rotatable bonds is 7. The Morgan fingerprint density at radius 2 is 1.83 bits per heavy atom. The van der Waals surface area contributed by atoms with Crippen LogP contribution in [0, 0.1) is 6.92 Å². The van der Waals surface area contributed by atoms with E-state index in [1.165, 1.54) is 19.5 Å². The van der Waals surface area contributed by atoms with Crippen molar-refractivity contribution >= 4 is 23.2 Å². The number of hydrogen-bond donors (Lipinski definition) is 1. The van der Waals surface area contributed by atoms with Crippen molar-refractivity contribution in [2.75, 3.05) is 31.0 Å². The van der Waals surface area contributed by atoms with Crippen LogP contribution in [0.3, 0.4) is 0 Å². The number of carbonyl (C=O) groups excluding carboxylic acids is 1. The molecule has 2 aromatic carbocycles. The van der Waals surface area contributed by atoms with Crippen LogP contribution in [0.4, 0.5) is 17.3 Å². The molecule has 7 nitrogen and oxygen atoms in total. The second kappa shape index (κ2) is 9.05. The lowest BCUT2D eigenvalue weighted by molar-refractivity contribution is 0.102. The molecule has 0 saturated carbocycles. The predicted octanol–water partition coefficient (Wildman–Crippen LogP) is 4.21. The summed E-state index contributed by atoms with van der Waals surface area (Å²) in [7, 11) is 3.11. The fourth-order valence-electron chi connectivity index (χ4n) is 2.91. The number of amides is 1. The Morgan fingerprint density at radius 3 is 2.45 bits per heavy atom. The highest BCUT2D eigenvalue weighted by Gasteiger charge is 2.14. The molecule has 3 rings (SSSR count). The topological polar surface area (TPSA) is 76.6 Å². The molecule has 1 amide bonds. The first kappa shape index (κ1) is 20.1. The van der Waals surface area contributed by atoms with Crippen LogP contribution in [0.15, 0.2) is 54.9 Å². The number of nitrogens with one attached hydrogen (secondary N) is 1. The van der Waals surface area contributed by atoms with E-state index in [0.29, 0.717) is 35.2 Å². The normalized spacial score (nSPS) is 10.3. The van der Waals surface area contributed by atoms with Crippen molar-refractivity contribution in [3.05, 3.63) is 66.0 Å². The van der Waals surface area contributed by atoms with Crippen molar-refractivity contribution in [3.63, 3.8) is 0 Å². The highest BCUT2D eigenvalue weighted by Crippen LogP contribution is 2.29. The van der Waals surface area contributed by atoms with Gasteiger partial charge in [-0.05, 0) is 43.7 Å². The quantitative estimate of drug-likeness (QED) is 0.649. The summed E-state index contributed by atoms with van der Waals surface area (Å²) in [5.41, 5.74) is 3.06. The van der Waals surface area contributed by atoms with Crippen LogP contribution < -0.4 is 19.7 Å². The van der Waals surface area contributed by atoms with E-state index in [1.807, 2.05) is 36.9 Å². The largest absolute Gasteiger partial charge is 0.497 e. The molecule has 150 valence electrons. The van der Waals surface area contributed by atoms with Gasteiger partial charge in [0.15, 0.2) is 0 Å². The lowest BCUT2D eigenvalue weighted by atomic mass is 10.2. The Labute approximate surface area is 170 Å². The molecule has 3 aromatic rings. The molecular formula is C22H24N4O3. The highest BCUT2D eigenvalue weighted by molar-refractivity contribution is 6.04. The standard InChI is InChI=1S/C22H24N4O3/c1-5-26(17-8-6-7-15(2)11-17)22-23-13-16(14-24-22)21(27)25-19-10-9-18(28-3)12-20(19)29-4/h6-14H,5H2,1-4H3,(H,25,27). The Kier molecular flexibility index (Phi) is 6.29. The number of carbonyl (C=O) groups is 1. The summed E-state index contributed by atoms with van der Waals surface area (Å²) in [5, 5.41) is 2.82. The molecule has 0 aliphatic carbocycles. The van der Waals surface area contributed by atoms with Gasteiger partial charge in [-0.25, -0.2) is 9.97 Å². The molecule has 0 radical (unpaired) electrons. The first-order valence-electron chi connectivity index (χ1n) is 9.25. The molecule has 0 fully saturated rings. The summed E-state index contributed by atoms with van der Waals surface area (Å²) in [6, 6.07) is 13.3. The molecule has 1 heterocycles. The van der Waals surface area contributed by atoms with Gasteiger partial charge in [-0.1, -0.05) is 12.1 Å². The third-order valence-electron chi connectivity index (χ3n) is 4.43. The van der Waals surface area contributed by atoms with Crippen molar-refractivity contribution in [3.8, 4) is 11.5 Å². The van der Waals surface area contributed by atoms with Crippen LogP contribution in [0.25, 0.3) is 0 Å². The Hall–Kier alpha value is -3.61. The van der Waals surface area contributed by atoms with Crippen molar-refractivity contribution in [2.45, 2.75) is 13.8 Å². The second-order valence-corrected chi connectivity index (χ2v) is 6.38. The van der Waals surface area contributed by atoms with Gasteiger partial charge in [-0.2, -0.15) is 0 Å². The fourth-order valence-corrected chi connectivity index (χ4v) is 2.91. The van der Waals surface area contributed by atoms with Gasteiger partial charge in [0, 0.05) is 30.7 Å². The van der Waals surface area contributed by atoms with E-state index < -0.39 is 0 Å². The van der Waals surface area contributed by atoms with Crippen LogP contribution in [0.5, 0.6) is 11.5 Å². The van der Waals surface area contributed by atoms with E-state index >= 15 is 0 Å². The molecule has 0 bridgehead atoms. The van der Waals surface area contributed by atoms with Crippen molar-refractivity contribution in [2.24, 2.45) is 0 Å². The van der Waals surface area contributed by atoms with Crippen molar-refractivity contribution < 1.29 is 14.3 Å². The Morgan fingerprint density at radius 1 is 1.07 bits per heavy atom. The van der Waals surface area contributed by atoms with Crippen LogP contribution >= 0.6 is 0 Å². The van der Waals surface area contributed by atoms with Gasteiger partial charge in [0.2, 0.25) is 5.95 Å². The van der Waals surface area contributed by atoms with Crippen molar-refractivity contribution in [1.29, 1.82) is 0 Å².